The van der Waals surface area contributed by atoms with Crippen LogP contribution in [-0.2, 0) is 11.2 Å². The summed E-state index contributed by atoms with van der Waals surface area (Å²) in [7, 11) is 0. The minimum absolute atomic E-state index is 0.436. The number of hydrogen-bond donors (Lipinski definition) is 2. The first-order valence-corrected chi connectivity index (χ1v) is 4.43. The minimum atomic E-state index is -0.436. The molecule has 0 radical (unpaired) electrons. The normalized spacial score (nSPS) is 12.9. The summed E-state index contributed by atoms with van der Waals surface area (Å²) in [6.45, 7) is 0. The molecule has 0 bridgehead atoms. The Balaban J connectivity index is 2.38. The van der Waals surface area contributed by atoms with E-state index in [0.29, 0.717) is 6.42 Å². The number of pyridine rings is 1. The number of nitrogens with zero attached hydrogens (tertiary/aromatic N) is 1. The molecular weight excluding hydrogens is 178 g/mol. The Morgan fingerprint density at radius 2 is 2.50 bits per heavy atom. The number of aromatic nitrogens is 2. The number of aromatic amines is 1. The molecule has 3 N–H and O–H groups in total. The van der Waals surface area contributed by atoms with Crippen molar-refractivity contribution in [1.82, 2.24) is 9.97 Å². The van der Waals surface area contributed by atoms with Gasteiger partial charge in [-0.1, -0.05) is 0 Å². The molecule has 0 unspecified atom stereocenters. The number of hydrogen-bond acceptors (Lipinski definition) is 3. The van der Waals surface area contributed by atoms with E-state index in [9.17, 15) is 4.79 Å². The number of fused-ring (bicyclic) bond motifs is 1. The first-order chi connectivity index (χ1) is 6.81. The Kier molecular flexibility index (Phi) is 2.28. The Hall–Kier alpha value is -1.68. The number of H-pyrrole nitrogens is 1. The molecule has 1 atom stereocenters. The predicted molar refractivity (Wildman–Crippen MR) is 53.8 cm³/mol. The molecule has 0 aliphatic rings. The Morgan fingerprint density at radius 3 is 3.29 bits per heavy atom. The van der Waals surface area contributed by atoms with Crippen LogP contribution in [-0.4, -0.2) is 22.3 Å². The van der Waals surface area contributed by atoms with Crippen molar-refractivity contribution in [1.29, 1.82) is 0 Å². The van der Waals surface area contributed by atoms with E-state index in [1.165, 1.54) is 0 Å². The highest BCUT2D eigenvalue weighted by atomic mass is 16.1. The third kappa shape index (κ3) is 1.52. The van der Waals surface area contributed by atoms with Gasteiger partial charge in [-0.15, -0.1) is 0 Å². The lowest BCUT2D eigenvalue weighted by Gasteiger charge is -2.01. The second-order valence-electron chi connectivity index (χ2n) is 3.22. The van der Waals surface area contributed by atoms with Crippen molar-refractivity contribution in [2.45, 2.75) is 12.5 Å². The molecule has 0 saturated heterocycles. The lowest BCUT2D eigenvalue weighted by molar-refractivity contribution is -0.108. The van der Waals surface area contributed by atoms with Crippen LogP contribution in [0.4, 0.5) is 0 Å². The molecule has 14 heavy (non-hydrogen) atoms. The van der Waals surface area contributed by atoms with E-state index >= 15 is 0 Å². The maximum absolute atomic E-state index is 10.4. The van der Waals surface area contributed by atoms with Gasteiger partial charge >= 0.3 is 0 Å². The van der Waals surface area contributed by atoms with Gasteiger partial charge < -0.3 is 15.5 Å². The lowest BCUT2D eigenvalue weighted by Crippen LogP contribution is -2.23. The SMILES string of the molecule is N[C@H](C=O)Cc1c[nH]c2ncccc12. The van der Waals surface area contributed by atoms with Gasteiger partial charge in [0.05, 0.1) is 6.04 Å². The van der Waals surface area contributed by atoms with Crippen LogP contribution >= 0.6 is 0 Å². The molecule has 2 heterocycles. The topological polar surface area (TPSA) is 71.8 Å². The predicted octanol–water partition coefficient (Wildman–Crippen LogP) is 0.632. The molecule has 0 fully saturated rings. The molecule has 2 aromatic heterocycles. The van der Waals surface area contributed by atoms with Crippen LogP contribution in [0.2, 0.25) is 0 Å². The highest BCUT2D eigenvalue weighted by Gasteiger charge is 2.07. The summed E-state index contributed by atoms with van der Waals surface area (Å²) in [6.07, 6.45) is 4.88. The van der Waals surface area contributed by atoms with Crippen LogP contribution in [0, 0.1) is 0 Å². The van der Waals surface area contributed by atoms with Crippen molar-refractivity contribution in [3.8, 4) is 0 Å². The maximum atomic E-state index is 10.4. The Bertz CT molecular complexity index is 449. The number of aldehydes is 1. The second kappa shape index (κ2) is 3.59. The van der Waals surface area contributed by atoms with Gasteiger partial charge in [-0.05, 0) is 24.1 Å². The molecule has 0 aromatic carbocycles. The maximum Gasteiger partial charge on any atom is 0.137 e. The first-order valence-electron chi connectivity index (χ1n) is 4.43. The highest BCUT2D eigenvalue weighted by molar-refractivity contribution is 5.80. The fourth-order valence-electron chi connectivity index (χ4n) is 1.48. The third-order valence-electron chi connectivity index (χ3n) is 2.17. The largest absolute Gasteiger partial charge is 0.346 e. The van der Waals surface area contributed by atoms with Crippen molar-refractivity contribution in [2.75, 3.05) is 0 Å². The number of nitrogens with one attached hydrogen (secondary N) is 1. The molecule has 2 rings (SSSR count). The van der Waals surface area contributed by atoms with E-state index in [1.807, 2.05) is 18.3 Å². The molecule has 0 aliphatic carbocycles. The van der Waals surface area contributed by atoms with Crippen LogP contribution in [0.3, 0.4) is 0 Å². The zero-order valence-electron chi connectivity index (χ0n) is 7.60. The van der Waals surface area contributed by atoms with E-state index in [-0.39, 0.29) is 0 Å². The van der Waals surface area contributed by atoms with Crippen molar-refractivity contribution in [3.63, 3.8) is 0 Å². The van der Waals surface area contributed by atoms with Gasteiger partial charge in [0.2, 0.25) is 0 Å². The first kappa shape index (κ1) is 8.90. The van der Waals surface area contributed by atoms with E-state index in [4.69, 9.17) is 5.73 Å². The Labute approximate surface area is 81.1 Å². The smallest absolute Gasteiger partial charge is 0.137 e. The average Bonchev–Trinajstić information content (AvgIpc) is 2.62. The molecular formula is C10H11N3O. The van der Waals surface area contributed by atoms with Gasteiger partial charge in [-0.2, -0.15) is 0 Å². The summed E-state index contributed by atoms with van der Waals surface area (Å²) < 4.78 is 0. The van der Waals surface area contributed by atoms with Crippen molar-refractivity contribution < 1.29 is 4.79 Å². The molecule has 2 aromatic rings. The summed E-state index contributed by atoms with van der Waals surface area (Å²) in [4.78, 5) is 17.6. The van der Waals surface area contributed by atoms with Crippen molar-refractivity contribution in [3.05, 3.63) is 30.1 Å². The minimum Gasteiger partial charge on any atom is -0.346 e. The molecule has 0 saturated carbocycles. The van der Waals surface area contributed by atoms with E-state index in [1.54, 1.807) is 6.20 Å². The number of rotatable bonds is 3. The Morgan fingerprint density at radius 1 is 1.64 bits per heavy atom. The van der Waals surface area contributed by atoms with Gasteiger partial charge in [-0.3, -0.25) is 0 Å². The van der Waals surface area contributed by atoms with Gasteiger partial charge in [0.1, 0.15) is 11.9 Å². The van der Waals surface area contributed by atoms with E-state index in [2.05, 4.69) is 9.97 Å². The lowest BCUT2D eigenvalue weighted by atomic mass is 10.1. The van der Waals surface area contributed by atoms with Gasteiger partial charge in [-0.25, -0.2) is 4.98 Å². The molecule has 0 aliphatic heterocycles. The van der Waals surface area contributed by atoms with Gasteiger partial charge in [0, 0.05) is 17.8 Å². The van der Waals surface area contributed by atoms with Crippen LogP contribution in [0.15, 0.2) is 24.5 Å². The van der Waals surface area contributed by atoms with E-state index < -0.39 is 6.04 Å². The number of nitrogens with two attached hydrogens (primary N) is 1. The van der Waals surface area contributed by atoms with Crippen LogP contribution < -0.4 is 5.73 Å². The zero-order valence-corrected chi connectivity index (χ0v) is 7.60. The van der Waals surface area contributed by atoms with Gasteiger partial charge in [0.15, 0.2) is 0 Å². The average molecular weight is 189 g/mol. The fourth-order valence-corrected chi connectivity index (χ4v) is 1.48. The van der Waals surface area contributed by atoms with Crippen molar-refractivity contribution in [2.24, 2.45) is 5.73 Å². The summed E-state index contributed by atoms with van der Waals surface area (Å²) in [6, 6.07) is 3.40. The summed E-state index contributed by atoms with van der Waals surface area (Å²) in [5.41, 5.74) is 7.42. The summed E-state index contributed by atoms with van der Waals surface area (Å²) in [5.74, 6) is 0. The van der Waals surface area contributed by atoms with Crippen LogP contribution in [0.5, 0.6) is 0 Å². The van der Waals surface area contributed by atoms with Gasteiger partial charge in [0.25, 0.3) is 0 Å². The molecule has 4 nitrogen and oxygen atoms in total. The number of carbonyl (C=O) groups is 1. The monoisotopic (exact) mass is 189 g/mol. The summed E-state index contributed by atoms with van der Waals surface area (Å²) >= 11 is 0. The molecule has 72 valence electrons. The third-order valence-corrected chi connectivity index (χ3v) is 2.17. The van der Waals surface area contributed by atoms with Crippen LogP contribution in [0.1, 0.15) is 5.56 Å². The molecule has 0 amide bonds. The number of carbonyl (C=O) groups excluding carboxylic acids is 1. The quantitative estimate of drug-likeness (QED) is 0.696. The zero-order chi connectivity index (χ0) is 9.97. The fraction of sp³-hybridized carbons (Fsp3) is 0.200. The summed E-state index contributed by atoms with van der Waals surface area (Å²) in [5, 5.41) is 1.03. The van der Waals surface area contributed by atoms with E-state index in [0.717, 1.165) is 22.9 Å². The van der Waals surface area contributed by atoms with Crippen LogP contribution in [0.25, 0.3) is 11.0 Å². The highest BCUT2D eigenvalue weighted by Crippen LogP contribution is 2.16. The second-order valence-corrected chi connectivity index (χ2v) is 3.22. The van der Waals surface area contributed by atoms with Crippen molar-refractivity contribution >= 4 is 17.3 Å². The molecule has 0 spiro atoms. The molecule has 4 heteroatoms. The standard InChI is InChI=1S/C10H11N3O/c11-8(6-14)4-7-5-13-10-9(7)2-1-3-12-10/h1-3,5-6,8H,4,11H2,(H,12,13)/t8-/m0/s1.